The van der Waals surface area contributed by atoms with E-state index in [0.29, 0.717) is 4.91 Å². The van der Waals surface area contributed by atoms with Crippen LogP contribution in [0, 0.1) is 9.49 Å². The van der Waals surface area contributed by atoms with Crippen LogP contribution in [0.1, 0.15) is 19.4 Å². The lowest BCUT2D eigenvalue weighted by Gasteiger charge is -2.12. The number of nitrogens with zero attached hydrogens (tertiary/aromatic N) is 1. The lowest BCUT2D eigenvalue weighted by Crippen LogP contribution is -2.34. The molecule has 23 heavy (non-hydrogen) atoms. The Labute approximate surface area is 152 Å². The van der Waals surface area contributed by atoms with Gasteiger partial charge in [-0.3, -0.25) is 19.3 Å². The van der Waals surface area contributed by atoms with Crippen LogP contribution in [-0.2, 0) is 14.3 Å². The highest BCUT2D eigenvalue weighted by Gasteiger charge is 2.36. The van der Waals surface area contributed by atoms with Crippen molar-refractivity contribution in [3.8, 4) is 0 Å². The van der Waals surface area contributed by atoms with Gasteiger partial charge in [-0.25, -0.2) is 0 Å². The highest BCUT2D eigenvalue weighted by Crippen LogP contribution is 2.32. The second-order valence-electron chi connectivity index (χ2n) is 5.40. The molecule has 2 rings (SSSR count). The van der Waals surface area contributed by atoms with Crippen molar-refractivity contribution in [1.29, 1.82) is 0 Å². The highest BCUT2D eigenvalue weighted by molar-refractivity contribution is 14.1. The number of amides is 2. The zero-order valence-corrected chi connectivity index (χ0v) is 15.7. The number of carbonyl (C=O) groups excluding carboxylic acids is 3. The molecule has 122 valence electrons. The molecule has 1 aromatic rings. The maximum atomic E-state index is 12.3. The second kappa shape index (κ2) is 7.96. The molecule has 0 radical (unpaired) electrons. The Bertz CT molecular complexity index is 655. The van der Waals surface area contributed by atoms with E-state index in [1.54, 1.807) is 6.08 Å². The molecule has 0 aliphatic carbocycles. The molecule has 0 aromatic heterocycles. The minimum absolute atomic E-state index is 0.203. The summed E-state index contributed by atoms with van der Waals surface area (Å²) >= 11 is 3.03. The van der Waals surface area contributed by atoms with Crippen LogP contribution in [0.15, 0.2) is 29.2 Å². The first-order valence-electron chi connectivity index (χ1n) is 7.03. The van der Waals surface area contributed by atoms with Crippen molar-refractivity contribution >= 4 is 57.5 Å². The molecule has 0 spiro atoms. The van der Waals surface area contributed by atoms with Crippen molar-refractivity contribution in [2.45, 2.75) is 13.8 Å². The predicted molar refractivity (Wildman–Crippen MR) is 97.6 cm³/mol. The van der Waals surface area contributed by atoms with Gasteiger partial charge < -0.3 is 4.74 Å². The van der Waals surface area contributed by atoms with Gasteiger partial charge in [0.05, 0.1) is 11.5 Å². The minimum Gasteiger partial charge on any atom is -0.464 e. The molecule has 0 unspecified atom stereocenters. The summed E-state index contributed by atoms with van der Waals surface area (Å²) < 4.78 is 6.10. The fourth-order valence-electron chi connectivity index (χ4n) is 1.78. The number of carbonyl (C=O) groups is 3. The highest BCUT2D eigenvalue weighted by atomic mass is 127. The largest absolute Gasteiger partial charge is 0.464 e. The number of halogens is 1. The summed E-state index contributed by atoms with van der Waals surface area (Å²) in [6, 6.07) is 7.57. The van der Waals surface area contributed by atoms with Gasteiger partial charge in [-0.1, -0.05) is 26.0 Å². The van der Waals surface area contributed by atoms with E-state index in [1.165, 1.54) is 0 Å². The molecule has 0 N–H and O–H groups in total. The molecule has 1 aromatic carbocycles. The smallest absolute Gasteiger partial charge is 0.326 e. The first-order valence-corrected chi connectivity index (χ1v) is 8.93. The summed E-state index contributed by atoms with van der Waals surface area (Å²) in [6.07, 6.45) is 1.65. The van der Waals surface area contributed by atoms with Crippen molar-refractivity contribution < 1.29 is 19.1 Å². The van der Waals surface area contributed by atoms with Gasteiger partial charge in [-0.05, 0) is 64.0 Å². The maximum Gasteiger partial charge on any atom is 0.326 e. The van der Waals surface area contributed by atoms with Gasteiger partial charge in [0.15, 0.2) is 0 Å². The monoisotopic (exact) mass is 445 g/mol. The molecule has 1 aliphatic rings. The summed E-state index contributed by atoms with van der Waals surface area (Å²) in [6.45, 7) is 3.75. The molecule has 0 bridgehead atoms. The molecule has 0 saturated carbocycles. The van der Waals surface area contributed by atoms with Gasteiger partial charge in [-0.15, -0.1) is 0 Å². The van der Waals surface area contributed by atoms with E-state index in [-0.39, 0.29) is 19.1 Å². The molecule has 1 fully saturated rings. The second-order valence-corrected chi connectivity index (χ2v) is 7.64. The molecule has 5 nitrogen and oxygen atoms in total. The number of rotatable bonds is 5. The number of imide groups is 1. The third kappa shape index (κ3) is 5.07. The normalized spacial score (nSPS) is 16.5. The molecule has 1 heterocycles. The van der Waals surface area contributed by atoms with E-state index in [2.05, 4.69) is 22.6 Å². The van der Waals surface area contributed by atoms with E-state index in [4.69, 9.17) is 4.74 Å². The van der Waals surface area contributed by atoms with Crippen LogP contribution in [0.5, 0.6) is 0 Å². The Morgan fingerprint density at radius 3 is 2.57 bits per heavy atom. The van der Waals surface area contributed by atoms with Crippen molar-refractivity contribution in [2.75, 3.05) is 13.2 Å². The fraction of sp³-hybridized carbons (Fsp3) is 0.312. The van der Waals surface area contributed by atoms with E-state index in [1.807, 2.05) is 38.1 Å². The molecular formula is C16H16INO4S. The van der Waals surface area contributed by atoms with Crippen molar-refractivity contribution in [2.24, 2.45) is 5.92 Å². The van der Waals surface area contributed by atoms with Crippen molar-refractivity contribution in [3.05, 3.63) is 38.3 Å². The van der Waals surface area contributed by atoms with Crippen LogP contribution in [0.25, 0.3) is 6.08 Å². The predicted octanol–water partition coefficient (Wildman–Crippen LogP) is 3.53. The lowest BCUT2D eigenvalue weighted by atomic mass is 10.2. The third-order valence-corrected chi connectivity index (χ3v) is 4.53. The van der Waals surface area contributed by atoms with E-state index in [0.717, 1.165) is 25.8 Å². The first kappa shape index (κ1) is 18.0. The Balaban J connectivity index is 2.04. The SMILES string of the molecule is CC(C)COC(=O)CN1C(=O)S/C(=C\c2ccc(I)cc2)C1=O. The number of ether oxygens (including phenoxy) is 1. The summed E-state index contributed by atoms with van der Waals surface area (Å²) in [5.74, 6) is -0.828. The van der Waals surface area contributed by atoms with Gasteiger partial charge in [0.2, 0.25) is 0 Å². The van der Waals surface area contributed by atoms with E-state index in [9.17, 15) is 14.4 Å². The van der Waals surface area contributed by atoms with Gasteiger partial charge in [-0.2, -0.15) is 0 Å². The minimum atomic E-state index is -0.573. The Kier molecular flexibility index (Phi) is 6.23. The summed E-state index contributed by atoms with van der Waals surface area (Å²) in [4.78, 5) is 37.1. The average molecular weight is 445 g/mol. The number of hydrogen-bond donors (Lipinski definition) is 0. The summed E-state index contributed by atoms with van der Waals surface area (Å²) in [5, 5.41) is -0.451. The number of esters is 1. The lowest BCUT2D eigenvalue weighted by molar-refractivity contribution is -0.147. The summed E-state index contributed by atoms with van der Waals surface area (Å²) in [7, 11) is 0. The van der Waals surface area contributed by atoms with Crippen LogP contribution < -0.4 is 0 Å². The zero-order valence-electron chi connectivity index (χ0n) is 12.7. The number of thioether (sulfide) groups is 1. The van der Waals surface area contributed by atoms with Crippen LogP contribution in [0.2, 0.25) is 0 Å². The van der Waals surface area contributed by atoms with Crippen LogP contribution >= 0.6 is 34.4 Å². The standard InChI is InChI=1S/C16H16INO4S/c1-10(2)9-22-14(19)8-18-15(20)13(23-16(18)21)7-11-3-5-12(17)6-4-11/h3-7,10H,8-9H2,1-2H3/b13-7-. The topological polar surface area (TPSA) is 63.7 Å². The number of hydrogen-bond acceptors (Lipinski definition) is 5. The number of benzene rings is 1. The van der Waals surface area contributed by atoms with Gasteiger partial charge in [0, 0.05) is 3.57 Å². The Hall–Kier alpha value is -1.35. The molecule has 1 saturated heterocycles. The molecule has 7 heteroatoms. The molecular weight excluding hydrogens is 429 g/mol. The van der Waals surface area contributed by atoms with Crippen molar-refractivity contribution in [3.63, 3.8) is 0 Å². The van der Waals surface area contributed by atoms with Crippen LogP contribution in [0.4, 0.5) is 4.79 Å². The zero-order chi connectivity index (χ0) is 17.0. The van der Waals surface area contributed by atoms with Gasteiger partial charge in [0.1, 0.15) is 6.54 Å². The van der Waals surface area contributed by atoms with Crippen molar-refractivity contribution in [1.82, 2.24) is 4.90 Å². The van der Waals surface area contributed by atoms with Crippen LogP contribution in [-0.4, -0.2) is 35.2 Å². The average Bonchev–Trinajstić information content (AvgIpc) is 2.75. The third-order valence-electron chi connectivity index (χ3n) is 2.91. The summed E-state index contributed by atoms with van der Waals surface area (Å²) in [5.41, 5.74) is 0.832. The molecule has 0 atom stereocenters. The fourth-order valence-corrected chi connectivity index (χ4v) is 2.98. The molecule has 1 aliphatic heterocycles. The van der Waals surface area contributed by atoms with Gasteiger partial charge in [0.25, 0.3) is 11.1 Å². The quantitative estimate of drug-likeness (QED) is 0.394. The van der Waals surface area contributed by atoms with Crippen LogP contribution in [0.3, 0.4) is 0 Å². The first-order chi connectivity index (χ1) is 10.9. The van der Waals surface area contributed by atoms with E-state index >= 15 is 0 Å². The Morgan fingerprint density at radius 1 is 1.30 bits per heavy atom. The maximum absolute atomic E-state index is 12.3. The van der Waals surface area contributed by atoms with Gasteiger partial charge >= 0.3 is 5.97 Å². The van der Waals surface area contributed by atoms with E-state index < -0.39 is 17.1 Å². The Morgan fingerprint density at radius 2 is 1.96 bits per heavy atom. The molecule has 2 amide bonds.